The van der Waals surface area contributed by atoms with Gasteiger partial charge in [-0.2, -0.15) is 0 Å². The number of aryl methyl sites for hydroxylation is 1. The molecule has 0 radical (unpaired) electrons. The van der Waals surface area contributed by atoms with Crippen LogP contribution >= 0.6 is 0 Å². The number of carbonyl (C=O) groups is 2. The van der Waals surface area contributed by atoms with Crippen molar-refractivity contribution in [2.75, 3.05) is 6.61 Å². The number of fused-ring (bicyclic) bond motifs is 1. The van der Waals surface area contributed by atoms with E-state index in [9.17, 15) is 9.59 Å². The van der Waals surface area contributed by atoms with Crippen molar-refractivity contribution < 1.29 is 19.1 Å². The van der Waals surface area contributed by atoms with Crippen LogP contribution in [0.5, 0.6) is 0 Å². The molecule has 2 atom stereocenters. The van der Waals surface area contributed by atoms with E-state index in [0.29, 0.717) is 17.5 Å². The summed E-state index contributed by atoms with van der Waals surface area (Å²) >= 11 is 0. The minimum atomic E-state index is -0.373. The summed E-state index contributed by atoms with van der Waals surface area (Å²) in [5, 5.41) is 0. The molecule has 1 aliphatic carbocycles. The van der Waals surface area contributed by atoms with Gasteiger partial charge in [-0.15, -0.1) is 0 Å². The standard InChI is InChI=1S/C25H22O4/c26-24(19-10-3-1-4-11-19)28-17-22-21-14-8-7-9-18(21)15-16-23(22)29-25(27)20-12-5-2-6-13-20/h1-14,22-23H,15-17H2/t22-,23+/m0/s1. The first kappa shape index (κ1) is 18.9. The van der Waals surface area contributed by atoms with E-state index in [2.05, 4.69) is 6.07 Å². The second kappa shape index (κ2) is 8.74. The van der Waals surface area contributed by atoms with Gasteiger partial charge < -0.3 is 9.47 Å². The summed E-state index contributed by atoms with van der Waals surface area (Å²) in [5.41, 5.74) is 3.31. The van der Waals surface area contributed by atoms with E-state index < -0.39 is 0 Å². The maximum Gasteiger partial charge on any atom is 0.338 e. The highest BCUT2D eigenvalue weighted by Gasteiger charge is 2.33. The average molecular weight is 386 g/mol. The van der Waals surface area contributed by atoms with Crippen LogP contribution in [0.3, 0.4) is 0 Å². The Bertz CT molecular complexity index is 982. The lowest BCUT2D eigenvalue weighted by Crippen LogP contribution is -2.33. The molecule has 0 N–H and O–H groups in total. The van der Waals surface area contributed by atoms with Crippen molar-refractivity contribution in [3.05, 3.63) is 107 Å². The van der Waals surface area contributed by atoms with Crippen LogP contribution in [0.2, 0.25) is 0 Å². The zero-order valence-electron chi connectivity index (χ0n) is 16.0. The smallest absolute Gasteiger partial charge is 0.338 e. The fourth-order valence-corrected chi connectivity index (χ4v) is 3.76. The SMILES string of the molecule is O=C(OC[C@H]1c2ccccc2CC[C@H]1OC(=O)c1ccccc1)c1ccccc1. The Kier molecular flexibility index (Phi) is 5.71. The third kappa shape index (κ3) is 4.37. The molecule has 0 heterocycles. The van der Waals surface area contributed by atoms with Gasteiger partial charge in [0.15, 0.2) is 0 Å². The molecule has 4 rings (SSSR count). The second-order valence-electron chi connectivity index (χ2n) is 7.12. The lowest BCUT2D eigenvalue weighted by molar-refractivity contribution is 0.00594. The molecule has 29 heavy (non-hydrogen) atoms. The molecule has 0 aromatic heterocycles. The first-order valence-electron chi connectivity index (χ1n) is 9.78. The summed E-state index contributed by atoms with van der Waals surface area (Å²) in [6, 6.07) is 25.9. The largest absolute Gasteiger partial charge is 0.461 e. The van der Waals surface area contributed by atoms with E-state index in [1.165, 1.54) is 5.56 Å². The molecular weight excluding hydrogens is 364 g/mol. The highest BCUT2D eigenvalue weighted by atomic mass is 16.6. The predicted molar refractivity (Wildman–Crippen MR) is 110 cm³/mol. The van der Waals surface area contributed by atoms with Crippen LogP contribution in [0.1, 0.15) is 44.2 Å². The summed E-state index contributed by atoms with van der Waals surface area (Å²) in [7, 11) is 0. The number of benzene rings is 3. The average Bonchev–Trinajstić information content (AvgIpc) is 2.79. The van der Waals surface area contributed by atoms with Gasteiger partial charge in [-0.05, 0) is 48.2 Å². The Morgan fingerprint density at radius 2 is 1.34 bits per heavy atom. The van der Waals surface area contributed by atoms with Gasteiger partial charge in [0.25, 0.3) is 0 Å². The number of ether oxygens (including phenoxy) is 2. The molecule has 3 aromatic rings. The molecule has 0 saturated heterocycles. The molecule has 0 fully saturated rings. The van der Waals surface area contributed by atoms with E-state index in [1.54, 1.807) is 36.4 Å². The maximum absolute atomic E-state index is 12.6. The summed E-state index contributed by atoms with van der Waals surface area (Å²) in [6.07, 6.45) is 1.18. The highest BCUT2D eigenvalue weighted by molar-refractivity contribution is 5.90. The van der Waals surface area contributed by atoms with Crippen molar-refractivity contribution in [1.29, 1.82) is 0 Å². The second-order valence-corrected chi connectivity index (χ2v) is 7.12. The van der Waals surface area contributed by atoms with Crippen LogP contribution in [0.4, 0.5) is 0 Å². The first-order chi connectivity index (χ1) is 14.2. The lowest BCUT2D eigenvalue weighted by atomic mass is 9.81. The topological polar surface area (TPSA) is 52.6 Å². The van der Waals surface area contributed by atoms with Crippen LogP contribution in [-0.4, -0.2) is 24.6 Å². The summed E-state index contributed by atoms with van der Waals surface area (Å²) in [5.74, 6) is -0.920. The lowest BCUT2D eigenvalue weighted by Gasteiger charge is -2.33. The van der Waals surface area contributed by atoms with Crippen molar-refractivity contribution in [2.45, 2.75) is 24.9 Å². The monoisotopic (exact) mass is 386 g/mol. The molecule has 0 unspecified atom stereocenters. The van der Waals surface area contributed by atoms with Gasteiger partial charge in [-0.25, -0.2) is 9.59 Å². The molecule has 1 aliphatic rings. The number of esters is 2. The maximum atomic E-state index is 12.6. The van der Waals surface area contributed by atoms with Crippen LogP contribution in [0.15, 0.2) is 84.9 Å². The predicted octanol–water partition coefficient (Wildman–Crippen LogP) is 4.80. The summed E-state index contributed by atoms with van der Waals surface area (Å²) in [4.78, 5) is 25.0. The molecule has 0 bridgehead atoms. The molecule has 4 heteroatoms. The number of rotatable bonds is 5. The fourth-order valence-electron chi connectivity index (χ4n) is 3.76. The van der Waals surface area contributed by atoms with Crippen LogP contribution in [-0.2, 0) is 15.9 Å². The zero-order valence-corrected chi connectivity index (χ0v) is 16.0. The van der Waals surface area contributed by atoms with Crippen molar-refractivity contribution in [3.63, 3.8) is 0 Å². The Labute approximate surface area is 170 Å². The van der Waals surface area contributed by atoms with Crippen LogP contribution in [0.25, 0.3) is 0 Å². The third-order valence-corrected chi connectivity index (χ3v) is 5.27. The van der Waals surface area contributed by atoms with Crippen molar-refractivity contribution >= 4 is 11.9 Å². The van der Waals surface area contributed by atoms with Crippen LogP contribution < -0.4 is 0 Å². The molecule has 0 spiro atoms. The van der Waals surface area contributed by atoms with Gasteiger partial charge in [-0.1, -0.05) is 60.7 Å². The summed E-state index contributed by atoms with van der Waals surface area (Å²) in [6.45, 7) is 0.164. The quantitative estimate of drug-likeness (QED) is 0.591. The zero-order chi connectivity index (χ0) is 20.1. The van der Waals surface area contributed by atoms with Gasteiger partial charge >= 0.3 is 11.9 Å². The number of carbonyl (C=O) groups excluding carboxylic acids is 2. The summed E-state index contributed by atoms with van der Waals surface area (Å²) < 4.78 is 11.5. The van der Waals surface area contributed by atoms with E-state index >= 15 is 0 Å². The first-order valence-corrected chi connectivity index (χ1v) is 9.78. The van der Waals surface area contributed by atoms with Gasteiger partial charge in [0.05, 0.1) is 17.0 Å². The van der Waals surface area contributed by atoms with E-state index in [1.807, 2.05) is 42.5 Å². The number of hydrogen-bond donors (Lipinski definition) is 0. The van der Waals surface area contributed by atoms with E-state index in [-0.39, 0.29) is 30.6 Å². The highest BCUT2D eigenvalue weighted by Crippen LogP contribution is 2.34. The molecule has 4 nitrogen and oxygen atoms in total. The minimum absolute atomic E-state index is 0.164. The Balaban J connectivity index is 1.52. The van der Waals surface area contributed by atoms with E-state index in [0.717, 1.165) is 12.0 Å². The molecule has 3 aromatic carbocycles. The Morgan fingerprint density at radius 3 is 2.03 bits per heavy atom. The van der Waals surface area contributed by atoms with Crippen molar-refractivity contribution in [2.24, 2.45) is 0 Å². The normalized spacial score (nSPS) is 17.8. The fraction of sp³-hybridized carbons (Fsp3) is 0.200. The molecule has 0 saturated carbocycles. The third-order valence-electron chi connectivity index (χ3n) is 5.27. The Hall–Kier alpha value is -3.40. The van der Waals surface area contributed by atoms with Gasteiger partial charge in [0, 0.05) is 0 Å². The van der Waals surface area contributed by atoms with Gasteiger partial charge in [-0.3, -0.25) is 0 Å². The van der Waals surface area contributed by atoms with Gasteiger partial charge in [0.2, 0.25) is 0 Å². The minimum Gasteiger partial charge on any atom is -0.461 e. The molecule has 0 amide bonds. The molecule has 146 valence electrons. The molecule has 0 aliphatic heterocycles. The van der Waals surface area contributed by atoms with E-state index in [4.69, 9.17) is 9.47 Å². The van der Waals surface area contributed by atoms with Crippen molar-refractivity contribution in [3.8, 4) is 0 Å². The van der Waals surface area contributed by atoms with Gasteiger partial charge in [0.1, 0.15) is 12.7 Å². The number of hydrogen-bond acceptors (Lipinski definition) is 4. The van der Waals surface area contributed by atoms with Crippen LogP contribution in [0, 0.1) is 0 Å². The Morgan fingerprint density at radius 1 is 0.759 bits per heavy atom. The van der Waals surface area contributed by atoms with Crippen molar-refractivity contribution in [1.82, 2.24) is 0 Å². The molecular formula is C25H22O4.